The van der Waals surface area contributed by atoms with Crippen LogP contribution < -0.4 is 0 Å². The zero-order chi connectivity index (χ0) is 24.6. The predicted octanol–water partition coefficient (Wildman–Crippen LogP) is 5.28. The summed E-state index contributed by atoms with van der Waals surface area (Å²) < 4.78 is 25.9. The summed E-state index contributed by atoms with van der Waals surface area (Å²) in [7, 11) is -3.28. The van der Waals surface area contributed by atoms with E-state index in [1.807, 2.05) is 47.1 Å². The van der Waals surface area contributed by atoms with Crippen LogP contribution in [0.3, 0.4) is 0 Å². The van der Waals surface area contributed by atoms with Gasteiger partial charge in [-0.25, -0.2) is 13.1 Å². The highest BCUT2D eigenvalue weighted by Crippen LogP contribution is 2.37. The van der Waals surface area contributed by atoms with Gasteiger partial charge in [-0.05, 0) is 60.9 Å². The van der Waals surface area contributed by atoms with E-state index >= 15 is 0 Å². The summed E-state index contributed by atoms with van der Waals surface area (Å²) in [6.07, 6.45) is 2.56. The lowest BCUT2D eigenvalue weighted by Gasteiger charge is -2.28. The van der Waals surface area contributed by atoms with Crippen molar-refractivity contribution in [1.29, 1.82) is 0 Å². The average Bonchev–Trinajstić information content (AvgIpc) is 3.48. The van der Waals surface area contributed by atoms with Gasteiger partial charge in [0.25, 0.3) is 0 Å². The van der Waals surface area contributed by atoms with E-state index in [-0.39, 0.29) is 6.10 Å². The number of benzene rings is 2. The Morgan fingerprint density at radius 1 is 1.03 bits per heavy atom. The number of thiophene rings is 1. The number of para-hydroxylation sites is 1. The van der Waals surface area contributed by atoms with Crippen molar-refractivity contribution in [1.82, 2.24) is 14.7 Å². The van der Waals surface area contributed by atoms with Crippen molar-refractivity contribution in [2.45, 2.75) is 30.4 Å². The average molecular weight is 528 g/mol. The molecule has 0 bridgehead atoms. The summed E-state index contributed by atoms with van der Waals surface area (Å²) in [5, 5.41) is 15.4. The lowest BCUT2D eigenvalue weighted by Crippen LogP contribution is -2.35. The number of rotatable bonds is 6. The number of nitrogens with zero attached hydrogens (tertiary/aromatic N) is 3. The molecule has 9 heteroatoms. The molecule has 1 saturated heterocycles. The number of halogens is 1. The van der Waals surface area contributed by atoms with Gasteiger partial charge in [-0.2, -0.15) is 5.10 Å². The molecule has 1 fully saturated rings. The molecule has 1 aliphatic rings. The third-order valence-electron chi connectivity index (χ3n) is 6.19. The maximum absolute atomic E-state index is 12.0. The zero-order valence-corrected chi connectivity index (χ0v) is 21.7. The van der Waals surface area contributed by atoms with Gasteiger partial charge in [0, 0.05) is 30.8 Å². The molecule has 35 heavy (non-hydrogen) atoms. The van der Waals surface area contributed by atoms with Crippen molar-refractivity contribution < 1.29 is 13.5 Å². The number of aliphatic hydroxyl groups excluding tert-OH is 1. The van der Waals surface area contributed by atoms with Crippen LogP contribution >= 0.6 is 22.9 Å². The normalized spacial score (nSPS) is 15.5. The lowest BCUT2D eigenvalue weighted by molar-refractivity contribution is 0.0786. The third kappa shape index (κ3) is 5.37. The fraction of sp³-hybridized carbons (Fsp3) is 0.269. The van der Waals surface area contributed by atoms with Crippen molar-refractivity contribution in [3.63, 3.8) is 0 Å². The molecule has 2 aromatic heterocycles. The van der Waals surface area contributed by atoms with Crippen LogP contribution in [0.5, 0.6) is 0 Å². The summed E-state index contributed by atoms with van der Waals surface area (Å²) in [6, 6.07) is 20.8. The minimum Gasteiger partial charge on any atom is -0.393 e. The van der Waals surface area contributed by atoms with Crippen molar-refractivity contribution in [3.8, 4) is 26.7 Å². The molecular formula is C26H26ClN3O3S2. The van der Waals surface area contributed by atoms with E-state index in [0.29, 0.717) is 16.5 Å². The van der Waals surface area contributed by atoms with Gasteiger partial charge in [-0.1, -0.05) is 35.9 Å². The zero-order valence-electron chi connectivity index (χ0n) is 19.3. The van der Waals surface area contributed by atoms with Crippen LogP contribution in [0.1, 0.15) is 18.5 Å². The Morgan fingerprint density at radius 2 is 1.77 bits per heavy atom. The van der Waals surface area contributed by atoms with E-state index in [1.54, 1.807) is 29.5 Å². The van der Waals surface area contributed by atoms with E-state index in [0.717, 1.165) is 58.3 Å². The Morgan fingerprint density at radius 3 is 2.51 bits per heavy atom. The van der Waals surface area contributed by atoms with Crippen molar-refractivity contribution >= 4 is 32.8 Å². The van der Waals surface area contributed by atoms with Gasteiger partial charge in [0.15, 0.2) is 9.84 Å². The standard InChI is InChI=1S/C26H26ClN3O3S2/c1-35(32,33)21-6-4-5-18(15-21)25-9-10-26(34-25)24-16-19(17-29-13-11-20(31)12-14-29)28-30(24)23-8-3-2-7-22(23)27/h2-10,15-16,20,31H,11-14,17H2,1H3. The molecule has 6 nitrogen and oxygen atoms in total. The van der Waals surface area contributed by atoms with Crippen LogP contribution in [0, 0.1) is 0 Å². The van der Waals surface area contributed by atoms with Crippen LogP contribution in [0.4, 0.5) is 0 Å². The summed E-state index contributed by atoms with van der Waals surface area (Å²) in [6.45, 7) is 2.39. The minimum atomic E-state index is -3.28. The highest BCUT2D eigenvalue weighted by molar-refractivity contribution is 7.90. The number of piperidine rings is 1. The number of aromatic nitrogens is 2. The lowest BCUT2D eigenvalue weighted by atomic mass is 10.1. The van der Waals surface area contributed by atoms with Gasteiger partial charge < -0.3 is 5.11 Å². The monoisotopic (exact) mass is 527 g/mol. The van der Waals surface area contributed by atoms with Crippen LogP contribution in [0.15, 0.2) is 71.6 Å². The minimum absolute atomic E-state index is 0.215. The van der Waals surface area contributed by atoms with Crippen molar-refractivity contribution in [2.75, 3.05) is 19.3 Å². The van der Waals surface area contributed by atoms with Crippen LogP contribution in [0.2, 0.25) is 5.02 Å². The second-order valence-electron chi connectivity index (χ2n) is 8.86. The first-order chi connectivity index (χ1) is 16.8. The fourth-order valence-corrected chi connectivity index (χ4v) is 6.19. The molecule has 1 N–H and O–H groups in total. The largest absolute Gasteiger partial charge is 0.393 e. The fourth-order valence-electron chi connectivity index (χ4n) is 4.31. The van der Waals surface area contributed by atoms with Gasteiger partial charge in [-0.15, -0.1) is 11.3 Å². The Balaban J connectivity index is 1.52. The Bertz CT molecular complexity index is 1450. The molecule has 0 unspecified atom stereocenters. The smallest absolute Gasteiger partial charge is 0.175 e. The molecule has 0 amide bonds. The molecule has 1 aliphatic heterocycles. The molecule has 0 atom stereocenters. The summed E-state index contributed by atoms with van der Waals surface area (Å²) in [4.78, 5) is 4.60. The molecule has 5 rings (SSSR count). The number of aliphatic hydroxyl groups is 1. The number of likely N-dealkylation sites (tertiary alicyclic amines) is 1. The maximum atomic E-state index is 12.0. The van der Waals surface area contributed by atoms with Gasteiger partial charge >= 0.3 is 0 Å². The summed E-state index contributed by atoms with van der Waals surface area (Å²) in [5.74, 6) is 0. The highest BCUT2D eigenvalue weighted by Gasteiger charge is 2.21. The molecule has 4 aromatic rings. The predicted molar refractivity (Wildman–Crippen MR) is 141 cm³/mol. The molecule has 0 spiro atoms. The topological polar surface area (TPSA) is 75.4 Å². The van der Waals surface area contributed by atoms with Gasteiger partial charge in [0.1, 0.15) is 0 Å². The van der Waals surface area contributed by atoms with Crippen molar-refractivity contribution in [3.05, 3.63) is 77.4 Å². The van der Waals surface area contributed by atoms with Gasteiger partial charge in [-0.3, -0.25) is 4.90 Å². The maximum Gasteiger partial charge on any atom is 0.175 e. The summed E-state index contributed by atoms with van der Waals surface area (Å²) in [5.41, 5.74) is 3.53. The molecule has 3 heterocycles. The summed E-state index contributed by atoms with van der Waals surface area (Å²) >= 11 is 8.13. The Kier molecular flexibility index (Phi) is 6.83. The second-order valence-corrected chi connectivity index (χ2v) is 12.4. The Hall–Kier alpha value is -2.49. The molecule has 0 saturated carbocycles. The Labute approximate surface area is 214 Å². The molecule has 0 radical (unpaired) electrons. The van der Waals surface area contributed by atoms with E-state index in [9.17, 15) is 13.5 Å². The van der Waals surface area contributed by atoms with Crippen LogP contribution in [0.25, 0.3) is 26.7 Å². The number of hydrogen-bond donors (Lipinski definition) is 1. The quantitative estimate of drug-likeness (QED) is 0.369. The third-order valence-corrected chi connectivity index (χ3v) is 8.78. The van der Waals surface area contributed by atoms with Crippen LogP contribution in [-0.4, -0.2) is 53.7 Å². The second kappa shape index (κ2) is 9.87. The SMILES string of the molecule is CS(=O)(=O)c1cccc(-c2ccc(-c3cc(CN4CCC(O)CC4)nn3-c3ccccc3Cl)s2)c1. The van der Waals surface area contributed by atoms with E-state index in [2.05, 4.69) is 11.0 Å². The van der Waals surface area contributed by atoms with Gasteiger partial charge in [0.2, 0.25) is 0 Å². The van der Waals surface area contributed by atoms with Gasteiger partial charge in [0.05, 0.1) is 38.0 Å². The first-order valence-corrected chi connectivity index (χ1v) is 14.5. The number of sulfone groups is 1. The first-order valence-electron chi connectivity index (χ1n) is 11.4. The highest BCUT2D eigenvalue weighted by atomic mass is 35.5. The van der Waals surface area contributed by atoms with E-state index < -0.39 is 9.84 Å². The first kappa shape index (κ1) is 24.2. The van der Waals surface area contributed by atoms with E-state index in [4.69, 9.17) is 16.7 Å². The van der Waals surface area contributed by atoms with E-state index in [1.165, 1.54) is 6.26 Å². The molecular weight excluding hydrogens is 502 g/mol. The molecule has 0 aliphatic carbocycles. The molecule has 2 aromatic carbocycles. The van der Waals surface area contributed by atoms with Crippen LogP contribution in [-0.2, 0) is 16.4 Å². The van der Waals surface area contributed by atoms with Crippen molar-refractivity contribution in [2.24, 2.45) is 0 Å². The number of hydrogen-bond acceptors (Lipinski definition) is 6. The molecule has 182 valence electrons.